The first-order chi connectivity index (χ1) is 11.8. The number of pyridine rings is 1. The van der Waals surface area contributed by atoms with Gasteiger partial charge in [0.05, 0.1) is 5.56 Å². The maximum absolute atomic E-state index is 5.18. The van der Waals surface area contributed by atoms with Crippen molar-refractivity contribution >= 4 is 11.5 Å². The van der Waals surface area contributed by atoms with Crippen molar-refractivity contribution in [3.8, 4) is 11.5 Å². The van der Waals surface area contributed by atoms with Crippen LogP contribution in [0.5, 0.6) is 0 Å². The number of para-hydroxylation sites is 1. The van der Waals surface area contributed by atoms with Gasteiger partial charge >= 0.3 is 0 Å². The van der Waals surface area contributed by atoms with Crippen LogP contribution in [0.3, 0.4) is 0 Å². The van der Waals surface area contributed by atoms with E-state index in [-0.39, 0.29) is 0 Å². The molecular weight excluding hydrogens is 302 g/mol. The largest absolute Gasteiger partial charge is 0.368 e. The molecule has 0 spiro atoms. The monoisotopic (exact) mass is 321 g/mol. The summed E-state index contributed by atoms with van der Waals surface area (Å²) in [6.07, 6.45) is 1.80. The molecule has 1 saturated heterocycles. The number of rotatable bonds is 3. The Morgan fingerprint density at radius 3 is 2.29 bits per heavy atom. The van der Waals surface area contributed by atoms with Crippen LogP contribution in [0, 0.1) is 6.92 Å². The average Bonchev–Trinajstić information content (AvgIpc) is 3.09. The number of benzene rings is 1. The number of hydrogen-bond donors (Lipinski definition) is 0. The third kappa shape index (κ3) is 2.95. The summed E-state index contributed by atoms with van der Waals surface area (Å²) in [5.41, 5.74) is 2.13. The Morgan fingerprint density at radius 2 is 1.67 bits per heavy atom. The van der Waals surface area contributed by atoms with Gasteiger partial charge in [-0.25, -0.2) is 4.98 Å². The molecule has 3 aromatic rings. The van der Waals surface area contributed by atoms with E-state index >= 15 is 0 Å². The highest BCUT2D eigenvalue weighted by atomic mass is 16.5. The lowest BCUT2D eigenvalue weighted by molar-refractivity contribution is 0.425. The van der Waals surface area contributed by atoms with Gasteiger partial charge < -0.3 is 14.3 Å². The predicted octanol–water partition coefficient (Wildman–Crippen LogP) is 2.77. The van der Waals surface area contributed by atoms with Crippen LogP contribution in [-0.4, -0.2) is 41.3 Å². The van der Waals surface area contributed by atoms with E-state index in [0.717, 1.165) is 37.6 Å². The van der Waals surface area contributed by atoms with E-state index in [0.29, 0.717) is 11.7 Å². The molecule has 1 aromatic carbocycles. The average molecular weight is 321 g/mol. The van der Waals surface area contributed by atoms with Gasteiger partial charge in [-0.15, -0.1) is 0 Å². The van der Waals surface area contributed by atoms with E-state index in [9.17, 15) is 0 Å². The smallest absolute Gasteiger partial charge is 0.259 e. The van der Waals surface area contributed by atoms with E-state index in [2.05, 4.69) is 55.3 Å². The number of anilines is 2. The Hall–Kier alpha value is -2.89. The number of nitrogens with zero attached hydrogens (tertiary/aromatic N) is 5. The summed E-state index contributed by atoms with van der Waals surface area (Å²) in [7, 11) is 0. The first-order valence-electron chi connectivity index (χ1n) is 8.11. The van der Waals surface area contributed by atoms with Crippen LogP contribution in [0.2, 0.25) is 0 Å². The lowest BCUT2D eigenvalue weighted by Gasteiger charge is -2.36. The molecule has 0 aliphatic carbocycles. The fourth-order valence-corrected chi connectivity index (χ4v) is 2.95. The molecule has 122 valence electrons. The Balaban J connectivity index is 1.42. The fraction of sp³-hybridized carbons (Fsp3) is 0.278. The van der Waals surface area contributed by atoms with E-state index in [4.69, 9.17) is 4.52 Å². The Bertz CT molecular complexity index is 792. The second-order valence-corrected chi connectivity index (χ2v) is 5.86. The minimum atomic E-state index is 0.514. The van der Waals surface area contributed by atoms with Crippen LogP contribution in [0.25, 0.3) is 11.5 Å². The number of hydrogen-bond acceptors (Lipinski definition) is 6. The first-order valence-corrected chi connectivity index (χ1v) is 8.11. The lowest BCUT2D eigenvalue weighted by Crippen LogP contribution is -2.46. The highest BCUT2D eigenvalue weighted by Crippen LogP contribution is 2.22. The highest BCUT2D eigenvalue weighted by molar-refractivity contribution is 5.55. The maximum atomic E-state index is 5.18. The number of aryl methyl sites for hydroxylation is 1. The predicted molar refractivity (Wildman–Crippen MR) is 93.1 cm³/mol. The van der Waals surface area contributed by atoms with Gasteiger partial charge in [-0.2, -0.15) is 4.98 Å². The minimum absolute atomic E-state index is 0.514. The fourth-order valence-electron chi connectivity index (χ4n) is 2.95. The highest BCUT2D eigenvalue weighted by Gasteiger charge is 2.18. The molecule has 0 bridgehead atoms. The Kier molecular flexibility index (Phi) is 3.86. The van der Waals surface area contributed by atoms with Crippen molar-refractivity contribution in [2.75, 3.05) is 36.0 Å². The zero-order chi connectivity index (χ0) is 16.4. The Morgan fingerprint density at radius 1 is 0.917 bits per heavy atom. The van der Waals surface area contributed by atoms with Crippen molar-refractivity contribution in [3.05, 3.63) is 54.5 Å². The summed E-state index contributed by atoms with van der Waals surface area (Å²) in [5.74, 6) is 2.13. The van der Waals surface area contributed by atoms with Crippen LogP contribution in [-0.2, 0) is 0 Å². The Labute approximate surface area is 140 Å². The van der Waals surface area contributed by atoms with Crippen LogP contribution in [0.1, 0.15) is 5.82 Å². The van der Waals surface area contributed by atoms with E-state index in [1.807, 2.05) is 12.1 Å². The third-order valence-electron chi connectivity index (χ3n) is 4.25. The summed E-state index contributed by atoms with van der Waals surface area (Å²) >= 11 is 0. The summed E-state index contributed by atoms with van der Waals surface area (Å²) in [6.45, 7) is 5.72. The van der Waals surface area contributed by atoms with Gasteiger partial charge in [0.15, 0.2) is 5.82 Å². The molecule has 1 fully saturated rings. The lowest BCUT2D eigenvalue weighted by atomic mass is 10.2. The van der Waals surface area contributed by atoms with Gasteiger partial charge in [0, 0.05) is 38.1 Å². The molecule has 0 amide bonds. The molecule has 0 radical (unpaired) electrons. The second kappa shape index (κ2) is 6.31. The zero-order valence-electron chi connectivity index (χ0n) is 13.6. The molecular formula is C18H19N5O. The molecule has 1 aliphatic rings. The van der Waals surface area contributed by atoms with Crippen molar-refractivity contribution in [2.45, 2.75) is 6.92 Å². The van der Waals surface area contributed by atoms with E-state index < -0.39 is 0 Å². The van der Waals surface area contributed by atoms with Gasteiger partial charge in [-0.3, -0.25) is 0 Å². The van der Waals surface area contributed by atoms with Gasteiger partial charge in [0.1, 0.15) is 5.82 Å². The molecule has 0 atom stereocenters. The molecule has 6 heteroatoms. The van der Waals surface area contributed by atoms with E-state index in [1.54, 1.807) is 13.1 Å². The van der Waals surface area contributed by atoms with Crippen molar-refractivity contribution < 1.29 is 4.52 Å². The first kappa shape index (κ1) is 14.7. The third-order valence-corrected chi connectivity index (χ3v) is 4.25. The SMILES string of the molecule is Cc1noc(-c2ccc(N3CCN(c4ccccc4)CC3)nc2)n1. The van der Waals surface area contributed by atoms with Crippen molar-refractivity contribution in [1.82, 2.24) is 15.1 Å². The summed E-state index contributed by atoms with van der Waals surface area (Å²) in [6, 6.07) is 14.6. The maximum Gasteiger partial charge on any atom is 0.259 e. The van der Waals surface area contributed by atoms with Crippen molar-refractivity contribution in [3.63, 3.8) is 0 Å². The number of aromatic nitrogens is 3. The van der Waals surface area contributed by atoms with Crippen LogP contribution >= 0.6 is 0 Å². The van der Waals surface area contributed by atoms with Crippen LogP contribution < -0.4 is 9.80 Å². The molecule has 4 rings (SSSR count). The van der Waals surface area contributed by atoms with Gasteiger partial charge in [-0.1, -0.05) is 23.4 Å². The van der Waals surface area contributed by atoms with Crippen molar-refractivity contribution in [1.29, 1.82) is 0 Å². The zero-order valence-corrected chi connectivity index (χ0v) is 13.6. The van der Waals surface area contributed by atoms with Crippen LogP contribution in [0.15, 0.2) is 53.2 Å². The van der Waals surface area contributed by atoms with Crippen molar-refractivity contribution in [2.24, 2.45) is 0 Å². The molecule has 2 aromatic heterocycles. The quantitative estimate of drug-likeness (QED) is 0.739. The molecule has 0 N–H and O–H groups in total. The van der Waals surface area contributed by atoms with Crippen LogP contribution in [0.4, 0.5) is 11.5 Å². The molecule has 0 saturated carbocycles. The van der Waals surface area contributed by atoms with E-state index in [1.165, 1.54) is 5.69 Å². The summed E-state index contributed by atoms with van der Waals surface area (Å²) in [4.78, 5) is 13.5. The normalized spacial score (nSPS) is 14.9. The van der Waals surface area contributed by atoms with Gasteiger partial charge in [-0.05, 0) is 31.2 Å². The summed E-state index contributed by atoms with van der Waals surface area (Å²) in [5, 5.41) is 3.81. The summed E-state index contributed by atoms with van der Waals surface area (Å²) < 4.78 is 5.18. The number of piperazine rings is 1. The minimum Gasteiger partial charge on any atom is -0.368 e. The standard InChI is InChI=1S/C18H19N5O/c1-14-20-18(24-21-14)15-7-8-17(19-13-15)23-11-9-22(10-12-23)16-5-3-2-4-6-16/h2-8,13H,9-12H2,1H3. The molecule has 0 unspecified atom stereocenters. The second-order valence-electron chi connectivity index (χ2n) is 5.86. The molecule has 1 aliphatic heterocycles. The molecule has 24 heavy (non-hydrogen) atoms. The molecule has 6 nitrogen and oxygen atoms in total. The van der Waals surface area contributed by atoms with Gasteiger partial charge in [0.2, 0.25) is 0 Å². The topological polar surface area (TPSA) is 58.3 Å². The van der Waals surface area contributed by atoms with Gasteiger partial charge in [0.25, 0.3) is 5.89 Å². The molecule has 3 heterocycles.